The van der Waals surface area contributed by atoms with Crippen LogP contribution < -0.4 is 4.74 Å². The van der Waals surface area contributed by atoms with E-state index in [1.54, 1.807) is 7.11 Å². The van der Waals surface area contributed by atoms with E-state index in [0.717, 1.165) is 31.2 Å². The van der Waals surface area contributed by atoms with Gasteiger partial charge < -0.3 is 9.64 Å². The second-order valence-electron chi connectivity index (χ2n) is 7.00. The number of ether oxygens (including phenoxy) is 1. The van der Waals surface area contributed by atoms with Crippen LogP contribution in [0.1, 0.15) is 74.6 Å². The average molecular weight is 315 g/mol. The maximum atomic E-state index is 13.4. The fourth-order valence-corrected chi connectivity index (χ4v) is 4.31. The van der Waals surface area contributed by atoms with Crippen molar-refractivity contribution in [2.75, 3.05) is 7.11 Å². The van der Waals surface area contributed by atoms with E-state index < -0.39 is 0 Å². The molecule has 0 bridgehead atoms. The monoisotopic (exact) mass is 315 g/mol. The molecule has 0 aliphatic heterocycles. The van der Waals surface area contributed by atoms with E-state index >= 15 is 0 Å². The van der Waals surface area contributed by atoms with Crippen molar-refractivity contribution in [3.8, 4) is 5.75 Å². The molecule has 2 saturated carbocycles. The molecule has 23 heavy (non-hydrogen) atoms. The van der Waals surface area contributed by atoms with Crippen LogP contribution in [-0.4, -0.2) is 30.0 Å². The smallest absolute Gasteiger partial charge is 0.258 e. The van der Waals surface area contributed by atoms with Crippen LogP contribution in [0.2, 0.25) is 0 Å². The van der Waals surface area contributed by atoms with E-state index in [0.29, 0.717) is 17.8 Å². The van der Waals surface area contributed by atoms with E-state index in [1.807, 2.05) is 24.3 Å². The molecule has 1 aromatic rings. The van der Waals surface area contributed by atoms with Crippen molar-refractivity contribution in [2.45, 2.75) is 76.3 Å². The molecule has 0 unspecified atom stereocenters. The lowest BCUT2D eigenvalue weighted by Crippen LogP contribution is -2.48. The minimum absolute atomic E-state index is 0.182. The second kappa shape index (κ2) is 7.85. The number of amides is 1. The number of nitrogens with zero attached hydrogens (tertiary/aromatic N) is 1. The maximum Gasteiger partial charge on any atom is 0.258 e. The van der Waals surface area contributed by atoms with E-state index in [-0.39, 0.29) is 5.91 Å². The Labute approximate surface area is 140 Å². The molecule has 1 aromatic carbocycles. The van der Waals surface area contributed by atoms with Gasteiger partial charge in [-0.1, -0.05) is 50.7 Å². The van der Waals surface area contributed by atoms with Gasteiger partial charge in [-0.15, -0.1) is 0 Å². The lowest BCUT2D eigenvalue weighted by molar-refractivity contribution is 0.0445. The molecular weight excluding hydrogens is 286 g/mol. The molecule has 3 heteroatoms. The van der Waals surface area contributed by atoms with Gasteiger partial charge in [-0.3, -0.25) is 4.79 Å². The van der Waals surface area contributed by atoms with Gasteiger partial charge >= 0.3 is 0 Å². The van der Waals surface area contributed by atoms with Crippen LogP contribution in [0.25, 0.3) is 0 Å². The number of para-hydroxylation sites is 1. The van der Waals surface area contributed by atoms with Gasteiger partial charge in [0.05, 0.1) is 12.7 Å². The fourth-order valence-electron chi connectivity index (χ4n) is 4.31. The largest absolute Gasteiger partial charge is 0.496 e. The summed E-state index contributed by atoms with van der Waals surface area (Å²) in [4.78, 5) is 15.6. The minimum atomic E-state index is 0.182. The molecule has 0 heterocycles. The SMILES string of the molecule is COc1ccccc1C(=O)N(C1CCCCC1)C1CCCCC1. The van der Waals surface area contributed by atoms with Crippen molar-refractivity contribution < 1.29 is 9.53 Å². The molecule has 126 valence electrons. The molecule has 0 spiro atoms. The molecule has 0 N–H and O–H groups in total. The van der Waals surface area contributed by atoms with Crippen molar-refractivity contribution in [2.24, 2.45) is 0 Å². The third kappa shape index (κ3) is 3.70. The van der Waals surface area contributed by atoms with Crippen LogP contribution in [0.15, 0.2) is 24.3 Å². The predicted molar refractivity (Wildman–Crippen MR) is 92.9 cm³/mol. The first-order valence-corrected chi connectivity index (χ1v) is 9.27. The van der Waals surface area contributed by atoms with Crippen molar-refractivity contribution in [1.29, 1.82) is 0 Å². The van der Waals surface area contributed by atoms with Crippen molar-refractivity contribution in [1.82, 2.24) is 4.90 Å². The van der Waals surface area contributed by atoms with E-state index in [9.17, 15) is 4.79 Å². The van der Waals surface area contributed by atoms with Crippen LogP contribution in [0, 0.1) is 0 Å². The number of benzene rings is 1. The van der Waals surface area contributed by atoms with Crippen molar-refractivity contribution >= 4 is 5.91 Å². The normalized spacial score (nSPS) is 20.2. The summed E-state index contributed by atoms with van der Waals surface area (Å²) in [6, 6.07) is 8.53. The Morgan fingerprint density at radius 3 is 1.96 bits per heavy atom. The molecule has 0 radical (unpaired) electrons. The molecule has 2 aliphatic rings. The van der Waals surface area contributed by atoms with Crippen LogP contribution in [0.5, 0.6) is 5.75 Å². The second-order valence-corrected chi connectivity index (χ2v) is 7.00. The van der Waals surface area contributed by atoms with Crippen LogP contribution in [-0.2, 0) is 0 Å². The highest BCUT2D eigenvalue weighted by Gasteiger charge is 2.33. The van der Waals surface area contributed by atoms with Gasteiger partial charge in [-0.25, -0.2) is 0 Å². The third-order valence-corrected chi connectivity index (χ3v) is 5.51. The summed E-state index contributed by atoms with van der Waals surface area (Å²) in [6.45, 7) is 0. The van der Waals surface area contributed by atoms with Gasteiger partial charge in [0.25, 0.3) is 5.91 Å². The molecule has 2 fully saturated rings. The standard InChI is InChI=1S/C20H29NO2/c1-23-19-15-9-8-14-18(19)20(22)21(16-10-4-2-5-11-16)17-12-6-3-7-13-17/h8-9,14-17H,2-7,10-13H2,1H3. The summed E-state index contributed by atoms with van der Waals surface area (Å²) < 4.78 is 5.44. The number of methoxy groups -OCH3 is 1. The zero-order valence-electron chi connectivity index (χ0n) is 14.3. The molecule has 1 amide bonds. The number of hydrogen-bond donors (Lipinski definition) is 0. The zero-order valence-corrected chi connectivity index (χ0v) is 14.3. The average Bonchev–Trinajstić information content (AvgIpc) is 2.63. The summed E-state index contributed by atoms with van der Waals surface area (Å²) in [5, 5.41) is 0. The summed E-state index contributed by atoms with van der Waals surface area (Å²) >= 11 is 0. The first kappa shape index (κ1) is 16.4. The minimum Gasteiger partial charge on any atom is -0.496 e. The van der Waals surface area contributed by atoms with E-state index in [2.05, 4.69) is 4.90 Å². The number of rotatable bonds is 4. The van der Waals surface area contributed by atoms with Crippen LogP contribution >= 0.6 is 0 Å². The van der Waals surface area contributed by atoms with Gasteiger partial charge in [-0.2, -0.15) is 0 Å². The maximum absolute atomic E-state index is 13.4. The first-order valence-electron chi connectivity index (χ1n) is 9.27. The number of carbonyl (C=O) groups excluding carboxylic acids is 1. The highest BCUT2D eigenvalue weighted by atomic mass is 16.5. The Morgan fingerprint density at radius 2 is 1.43 bits per heavy atom. The highest BCUT2D eigenvalue weighted by Crippen LogP contribution is 2.32. The Kier molecular flexibility index (Phi) is 5.58. The van der Waals surface area contributed by atoms with Gasteiger partial charge in [0.2, 0.25) is 0 Å². The quantitative estimate of drug-likeness (QED) is 0.798. The lowest BCUT2D eigenvalue weighted by atomic mass is 9.88. The Balaban J connectivity index is 1.88. The van der Waals surface area contributed by atoms with E-state index in [1.165, 1.54) is 38.5 Å². The molecule has 3 nitrogen and oxygen atoms in total. The van der Waals surface area contributed by atoms with Crippen molar-refractivity contribution in [3.63, 3.8) is 0 Å². The summed E-state index contributed by atoms with van der Waals surface area (Å²) in [6.07, 6.45) is 12.3. The molecule has 3 rings (SSSR count). The van der Waals surface area contributed by atoms with Gasteiger partial charge in [0, 0.05) is 12.1 Å². The topological polar surface area (TPSA) is 29.5 Å². The summed E-state index contributed by atoms with van der Waals surface area (Å²) in [7, 11) is 1.65. The lowest BCUT2D eigenvalue weighted by Gasteiger charge is -2.42. The highest BCUT2D eigenvalue weighted by molar-refractivity contribution is 5.97. The van der Waals surface area contributed by atoms with Gasteiger partial charge in [0.1, 0.15) is 5.75 Å². The Bertz CT molecular complexity index is 498. The fraction of sp³-hybridized carbons (Fsp3) is 0.650. The van der Waals surface area contributed by atoms with Crippen LogP contribution in [0.4, 0.5) is 0 Å². The summed E-state index contributed by atoms with van der Waals surface area (Å²) in [5.74, 6) is 0.885. The Morgan fingerprint density at radius 1 is 0.913 bits per heavy atom. The number of carbonyl (C=O) groups is 1. The zero-order chi connectivity index (χ0) is 16.1. The van der Waals surface area contributed by atoms with Gasteiger partial charge in [0.15, 0.2) is 0 Å². The molecule has 0 aromatic heterocycles. The molecular formula is C20H29NO2. The first-order chi connectivity index (χ1) is 11.3. The molecule has 0 saturated heterocycles. The molecule has 2 aliphatic carbocycles. The number of hydrogen-bond acceptors (Lipinski definition) is 2. The Hall–Kier alpha value is -1.51. The van der Waals surface area contributed by atoms with Crippen LogP contribution in [0.3, 0.4) is 0 Å². The predicted octanol–water partition coefficient (Wildman–Crippen LogP) is 4.80. The summed E-state index contributed by atoms with van der Waals surface area (Å²) in [5.41, 5.74) is 0.728. The van der Waals surface area contributed by atoms with E-state index in [4.69, 9.17) is 4.74 Å². The molecule has 0 atom stereocenters. The van der Waals surface area contributed by atoms with Crippen molar-refractivity contribution in [3.05, 3.63) is 29.8 Å². The third-order valence-electron chi connectivity index (χ3n) is 5.51. The van der Waals surface area contributed by atoms with Gasteiger partial charge in [-0.05, 0) is 37.8 Å².